The third-order valence-electron chi connectivity index (χ3n) is 4.15. The quantitative estimate of drug-likeness (QED) is 0.584. The molecule has 0 amide bonds. The Hall–Kier alpha value is -2.27. The van der Waals surface area contributed by atoms with Crippen LogP contribution in [0.3, 0.4) is 0 Å². The molecule has 0 heterocycles. The lowest BCUT2D eigenvalue weighted by Crippen LogP contribution is -2.34. The zero-order valence-electron chi connectivity index (χ0n) is 16.7. The number of anilines is 1. The summed E-state index contributed by atoms with van der Waals surface area (Å²) in [5, 5.41) is 4.07. The summed E-state index contributed by atoms with van der Waals surface area (Å²) < 4.78 is 11.2. The first-order chi connectivity index (χ1) is 13.1. The molecule has 0 saturated heterocycles. The van der Waals surface area contributed by atoms with E-state index in [1.54, 1.807) is 7.11 Å². The van der Waals surface area contributed by atoms with Crippen LogP contribution < -0.4 is 14.8 Å². The van der Waals surface area contributed by atoms with Crippen LogP contribution in [0.25, 0.3) is 0 Å². The molecule has 0 saturated carbocycles. The highest BCUT2D eigenvalue weighted by atomic mass is 32.1. The number of nitrogens with one attached hydrogen (secondary N) is 1. The minimum Gasteiger partial charge on any atom is -0.493 e. The van der Waals surface area contributed by atoms with Gasteiger partial charge in [-0.25, -0.2) is 0 Å². The van der Waals surface area contributed by atoms with Crippen LogP contribution in [0.1, 0.15) is 37.8 Å². The number of hydrogen-bond acceptors (Lipinski definition) is 3. The summed E-state index contributed by atoms with van der Waals surface area (Å²) in [5.41, 5.74) is 3.37. The third kappa shape index (κ3) is 6.43. The van der Waals surface area contributed by atoms with Gasteiger partial charge in [0.25, 0.3) is 0 Å². The minimum absolute atomic E-state index is 0.683. The predicted molar refractivity (Wildman–Crippen MR) is 117 cm³/mol. The fourth-order valence-electron chi connectivity index (χ4n) is 2.72. The Morgan fingerprint density at radius 1 is 1.04 bits per heavy atom. The Morgan fingerprint density at radius 2 is 1.78 bits per heavy atom. The smallest absolute Gasteiger partial charge is 0.173 e. The summed E-state index contributed by atoms with van der Waals surface area (Å²) in [4.78, 5) is 2.18. The molecule has 2 aromatic carbocycles. The van der Waals surface area contributed by atoms with E-state index in [9.17, 15) is 0 Å². The number of nitrogens with zero attached hydrogens (tertiary/aromatic N) is 1. The number of ether oxygens (including phenoxy) is 2. The van der Waals surface area contributed by atoms with Crippen LogP contribution in [0.2, 0.25) is 0 Å². The third-order valence-corrected chi connectivity index (χ3v) is 4.51. The van der Waals surface area contributed by atoms with E-state index in [0.29, 0.717) is 6.61 Å². The Balaban J connectivity index is 2.09. The van der Waals surface area contributed by atoms with Gasteiger partial charge in [-0.1, -0.05) is 37.6 Å². The molecule has 4 nitrogen and oxygen atoms in total. The molecule has 27 heavy (non-hydrogen) atoms. The molecule has 2 aromatic rings. The molecule has 5 heteroatoms. The van der Waals surface area contributed by atoms with Crippen LogP contribution in [-0.4, -0.2) is 30.3 Å². The average Bonchev–Trinajstić information content (AvgIpc) is 2.68. The molecule has 0 atom stereocenters. The first-order valence-electron chi connectivity index (χ1n) is 9.49. The summed E-state index contributed by atoms with van der Waals surface area (Å²) >= 11 is 5.66. The normalized spacial score (nSPS) is 10.4. The van der Waals surface area contributed by atoms with Crippen molar-refractivity contribution in [1.29, 1.82) is 0 Å². The highest BCUT2D eigenvalue weighted by molar-refractivity contribution is 7.80. The van der Waals surface area contributed by atoms with E-state index in [-0.39, 0.29) is 0 Å². The SMILES string of the molecule is CCCOc1ccc(CN(CCC)C(=S)Nc2ccc(C)cc2)cc1OC. The van der Waals surface area contributed by atoms with Crippen LogP contribution in [0.5, 0.6) is 11.5 Å². The summed E-state index contributed by atoms with van der Waals surface area (Å²) in [5.74, 6) is 1.54. The minimum atomic E-state index is 0.683. The summed E-state index contributed by atoms with van der Waals surface area (Å²) in [6, 6.07) is 14.3. The van der Waals surface area contributed by atoms with Crippen molar-refractivity contribution in [3.05, 3.63) is 53.6 Å². The molecule has 146 valence electrons. The van der Waals surface area contributed by atoms with Crippen LogP contribution >= 0.6 is 12.2 Å². The van der Waals surface area contributed by atoms with Crippen LogP contribution in [0.4, 0.5) is 5.69 Å². The summed E-state index contributed by atoms with van der Waals surface area (Å²) in [7, 11) is 1.67. The van der Waals surface area contributed by atoms with Crippen molar-refractivity contribution in [3.8, 4) is 11.5 Å². The standard InChI is InChI=1S/C22H30N2O2S/c1-5-13-24(22(27)23-19-10-7-17(3)8-11-19)16-18-9-12-20(26-14-6-2)21(15-18)25-4/h7-12,15H,5-6,13-14,16H2,1-4H3,(H,23,27). The molecule has 0 aliphatic rings. The Kier molecular flexibility index (Phi) is 8.40. The van der Waals surface area contributed by atoms with Gasteiger partial charge in [-0.05, 0) is 61.8 Å². The number of methoxy groups -OCH3 is 1. The molecular weight excluding hydrogens is 356 g/mol. The largest absolute Gasteiger partial charge is 0.493 e. The molecule has 0 fully saturated rings. The second-order valence-electron chi connectivity index (χ2n) is 6.55. The number of aryl methyl sites for hydroxylation is 1. The molecule has 0 radical (unpaired) electrons. The summed E-state index contributed by atoms with van der Waals surface area (Å²) in [6.07, 6.45) is 1.98. The zero-order chi connectivity index (χ0) is 19.6. The number of benzene rings is 2. The maximum absolute atomic E-state index is 5.74. The maximum atomic E-state index is 5.74. The van der Waals surface area contributed by atoms with Crippen LogP contribution in [0, 0.1) is 6.92 Å². The van der Waals surface area contributed by atoms with Crippen molar-refractivity contribution in [2.75, 3.05) is 25.6 Å². The van der Waals surface area contributed by atoms with Crippen molar-refractivity contribution in [2.24, 2.45) is 0 Å². The molecule has 1 N–H and O–H groups in total. The van der Waals surface area contributed by atoms with Gasteiger partial charge in [0.1, 0.15) is 0 Å². The van der Waals surface area contributed by atoms with E-state index >= 15 is 0 Å². The zero-order valence-corrected chi connectivity index (χ0v) is 17.6. The monoisotopic (exact) mass is 386 g/mol. The second kappa shape index (κ2) is 10.8. The topological polar surface area (TPSA) is 33.7 Å². The average molecular weight is 387 g/mol. The number of hydrogen-bond donors (Lipinski definition) is 1. The Morgan fingerprint density at radius 3 is 2.41 bits per heavy atom. The van der Waals surface area contributed by atoms with E-state index in [1.807, 2.05) is 12.1 Å². The van der Waals surface area contributed by atoms with Gasteiger partial charge in [0.15, 0.2) is 16.6 Å². The fourth-order valence-corrected chi connectivity index (χ4v) is 3.00. The van der Waals surface area contributed by atoms with Gasteiger partial charge in [-0.15, -0.1) is 0 Å². The molecule has 0 bridgehead atoms. The van der Waals surface area contributed by atoms with E-state index in [1.165, 1.54) is 5.56 Å². The molecule has 0 aliphatic heterocycles. The van der Waals surface area contributed by atoms with Crippen LogP contribution in [0.15, 0.2) is 42.5 Å². The van der Waals surface area contributed by atoms with Gasteiger partial charge in [-0.3, -0.25) is 0 Å². The van der Waals surface area contributed by atoms with Gasteiger partial charge < -0.3 is 19.7 Å². The summed E-state index contributed by atoms with van der Waals surface area (Å²) in [6.45, 7) is 8.61. The van der Waals surface area contributed by atoms with Gasteiger partial charge in [0, 0.05) is 18.8 Å². The van der Waals surface area contributed by atoms with Crippen molar-refractivity contribution in [3.63, 3.8) is 0 Å². The van der Waals surface area contributed by atoms with E-state index < -0.39 is 0 Å². The molecular formula is C22H30N2O2S. The first kappa shape index (κ1) is 21.0. The highest BCUT2D eigenvalue weighted by Gasteiger charge is 2.12. The lowest BCUT2D eigenvalue weighted by atomic mass is 10.2. The predicted octanol–water partition coefficient (Wildman–Crippen LogP) is 5.40. The van der Waals surface area contributed by atoms with Crippen molar-refractivity contribution in [2.45, 2.75) is 40.2 Å². The molecule has 0 aromatic heterocycles. The molecule has 2 rings (SSSR count). The van der Waals surface area contributed by atoms with Gasteiger partial charge in [0.2, 0.25) is 0 Å². The lowest BCUT2D eigenvalue weighted by Gasteiger charge is -2.26. The second-order valence-corrected chi connectivity index (χ2v) is 6.94. The lowest BCUT2D eigenvalue weighted by molar-refractivity contribution is 0.293. The number of thiocarbonyl (C=S) groups is 1. The van der Waals surface area contributed by atoms with Crippen molar-refractivity contribution < 1.29 is 9.47 Å². The molecule has 0 unspecified atom stereocenters. The van der Waals surface area contributed by atoms with Crippen molar-refractivity contribution in [1.82, 2.24) is 4.90 Å². The van der Waals surface area contributed by atoms with Gasteiger partial charge in [0.05, 0.1) is 13.7 Å². The van der Waals surface area contributed by atoms with E-state index in [4.69, 9.17) is 21.7 Å². The maximum Gasteiger partial charge on any atom is 0.173 e. The van der Waals surface area contributed by atoms with Gasteiger partial charge >= 0.3 is 0 Å². The van der Waals surface area contributed by atoms with E-state index in [0.717, 1.165) is 53.8 Å². The number of rotatable bonds is 9. The highest BCUT2D eigenvalue weighted by Crippen LogP contribution is 2.29. The fraction of sp³-hybridized carbons (Fsp3) is 0.409. The first-order valence-corrected chi connectivity index (χ1v) is 9.90. The van der Waals surface area contributed by atoms with Crippen molar-refractivity contribution >= 4 is 23.0 Å². The molecule has 0 aliphatic carbocycles. The molecule has 0 spiro atoms. The Labute approximate surface area is 168 Å². The van der Waals surface area contributed by atoms with E-state index in [2.05, 4.69) is 61.3 Å². The van der Waals surface area contributed by atoms with Crippen LogP contribution in [-0.2, 0) is 6.54 Å². The van der Waals surface area contributed by atoms with Gasteiger partial charge in [-0.2, -0.15) is 0 Å². The Bertz CT molecular complexity index is 732.